The molecule has 3 rings (SSSR count). The minimum absolute atomic E-state index is 0.217. The van der Waals surface area contributed by atoms with Crippen LogP contribution in [0.15, 0.2) is 18.2 Å². The van der Waals surface area contributed by atoms with E-state index in [0.29, 0.717) is 24.2 Å². The molecule has 0 radical (unpaired) electrons. The number of carbonyl (C=O) groups is 1. The zero-order valence-corrected chi connectivity index (χ0v) is 11.5. The van der Waals surface area contributed by atoms with E-state index in [2.05, 4.69) is 5.64 Å². The standard InChI is InChI=1S/C13H16N2O7/c16-10(17)6-20-8-3-1-2-7-11(8)13(19)15(12(7)18)9-4-5-21-14-22-9/h1-3,9,12-14,18-19H,4-6H2,(H,16,17). The Morgan fingerprint density at radius 2 is 2.23 bits per heavy atom. The van der Waals surface area contributed by atoms with Gasteiger partial charge in [0.1, 0.15) is 24.4 Å². The van der Waals surface area contributed by atoms with Crippen molar-refractivity contribution < 1.29 is 34.5 Å². The van der Waals surface area contributed by atoms with Crippen molar-refractivity contribution in [3.63, 3.8) is 0 Å². The van der Waals surface area contributed by atoms with Crippen molar-refractivity contribution in [3.8, 4) is 5.75 Å². The average molecular weight is 312 g/mol. The van der Waals surface area contributed by atoms with E-state index < -0.39 is 31.3 Å². The van der Waals surface area contributed by atoms with E-state index in [4.69, 9.17) is 19.5 Å². The van der Waals surface area contributed by atoms with Crippen molar-refractivity contribution in [3.05, 3.63) is 29.3 Å². The molecule has 3 atom stereocenters. The highest BCUT2D eigenvalue weighted by Crippen LogP contribution is 2.45. The largest absolute Gasteiger partial charge is 0.481 e. The third kappa shape index (κ3) is 2.65. The molecule has 3 unspecified atom stereocenters. The minimum Gasteiger partial charge on any atom is -0.481 e. The average Bonchev–Trinajstić information content (AvgIpc) is 2.78. The van der Waals surface area contributed by atoms with Crippen LogP contribution in [0.1, 0.15) is 30.0 Å². The Hall–Kier alpha value is -1.75. The quantitative estimate of drug-likeness (QED) is 0.590. The Bertz CT molecular complexity index is 561. The molecule has 1 fully saturated rings. The van der Waals surface area contributed by atoms with Crippen LogP contribution in [0.2, 0.25) is 0 Å². The topological polar surface area (TPSA) is 121 Å². The van der Waals surface area contributed by atoms with Gasteiger partial charge in [-0.2, -0.15) is 0 Å². The molecule has 1 aromatic carbocycles. The van der Waals surface area contributed by atoms with Gasteiger partial charge in [-0.25, -0.2) is 9.69 Å². The molecule has 0 amide bonds. The van der Waals surface area contributed by atoms with Crippen molar-refractivity contribution in [1.29, 1.82) is 0 Å². The van der Waals surface area contributed by atoms with Crippen molar-refractivity contribution in [2.24, 2.45) is 0 Å². The lowest BCUT2D eigenvalue weighted by molar-refractivity contribution is -0.305. The van der Waals surface area contributed by atoms with Gasteiger partial charge in [0.15, 0.2) is 6.61 Å². The van der Waals surface area contributed by atoms with E-state index in [1.54, 1.807) is 18.2 Å². The number of aliphatic hydroxyl groups is 2. The van der Waals surface area contributed by atoms with Crippen LogP contribution in [-0.4, -0.2) is 45.6 Å². The van der Waals surface area contributed by atoms with Crippen molar-refractivity contribution in [2.45, 2.75) is 25.1 Å². The number of aliphatic hydroxyl groups excluding tert-OH is 2. The maximum absolute atomic E-state index is 10.6. The first kappa shape index (κ1) is 15.2. The number of aliphatic carboxylic acids is 1. The lowest BCUT2D eigenvalue weighted by atomic mass is 10.1. The second kappa shape index (κ2) is 6.16. The van der Waals surface area contributed by atoms with Crippen LogP contribution in [0.25, 0.3) is 0 Å². The van der Waals surface area contributed by atoms with Gasteiger partial charge in [0, 0.05) is 17.5 Å². The monoisotopic (exact) mass is 312 g/mol. The lowest BCUT2D eigenvalue weighted by Crippen LogP contribution is -2.45. The fraction of sp³-hybridized carbons (Fsp3) is 0.462. The summed E-state index contributed by atoms with van der Waals surface area (Å²) in [6, 6.07) is 4.81. The fourth-order valence-corrected chi connectivity index (χ4v) is 2.65. The van der Waals surface area contributed by atoms with E-state index in [1.165, 1.54) is 4.90 Å². The highest BCUT2D eigenvalue weighted by atomic mass is 16.9. The number of carboxylic acid groups (broad SMARTS) is 1. The van der Waals surface area contributed by atoms with Gasteiger partial charge >= 0.3 is 5.97 Å². The minimum atomic E-state index is -1.18. The highest BCUT2D eigenvalue weighted by molar-refractivity contribution is 5.68. The smallest absolute Gasteiger partial charge is 0.341 e. The SMILES string of the molecule is O=C(O)COc1cccc2c1C(O)N(C1CCONO1)C2O. The lowest BCUT2D eigenvalue weighted by Gasteiger charge is -2.34. The number of nitrogens with one attached hydrogen (secondary N) is 1. The van der Waals surface area contributed by atoms with E-state index in [-0.39, 0.29) is 5.75 Å². The second-order valence-electron chi connectivity index (χ2n) is 4.93. The second-order valence-corrected chi connectivity index (χ2v) is 4.93. The Balaban J connectivity index is 1.87. The summed E-state index contributed by atoms with van der Waals surface area (Å²) in [6.45, 7) is -0.173. The molecule has 0 spiro atoms. The molecule has 0 bridgehead atoms. The van der Waals surface area contributed by atoms with E-state index in [1.807, 2.05) is 0 Å². The van der Waals surface area contributed by atoms with Gasteiger partial charge in [-0.3, -0.25) is 9.68 Å². The Labute approximate surface area is 125 Å². The van der Waals surface area contributed by atoms with Gasteiger partial charge in [0.2, 0.25) is 0 Å². The van der Waals surface area contributed by atoms with Gasteiger partial charge in [-0.05, 0) is 6.07 Å². The molecule has 0 aromatic heterocycles. The predicted molar refractivity (Wildman–Crippen MR) is 69.9 cm³/mol. The van der Waals surface area contributed by atoms with Crippen LogP contribution in [0.5, 0.6) is 5.75 Å². The van der Waals surface area contributed by atoms with Gasteiger partial charge in [-0.15, -0.1) is 0 Å². The molecule has 1 aromatic rings. The van der Waals surface area contributed by atoms with Crippen LogP contribution in [0.3, 0.4) is 0 Å². The first-order valence-electron chi connectivity index (χ1n) is 6.73. The zero-order valence-electron chi connectivity index (χ0n) is 11.5. The van der Waals surface area contributed by atoms with Gasteiger partial charge in [-0.1, -0.05) is 17.8 Å². The summed E-state index contributed by atoms with van der Waals surface area (Å²) >= 11 is 0. The Kier molecular flexibility index (Phi) is 4.25. The van der Waals surface area contributed by atoms with Crippen LogP contribution in [0.4, 0.5) is 0 Å². The van der Waals surface area contributed by atoms with Crippen molar-refractivity contribution >= 4 is 5.97 Å². The van der Waals surface area contributed by atoms with Gasteiger partial charge < -0.3 is 20.1 Å². The number of hydrogen-bond donors (Lipinski definition) is 4. The van der Waals surface area contributed by atoms with Gasteiger partial charge in [0.25, 0.3) is 0 Å². The summed E-state index contributed by atoms with van der Waals surface area (Å²) in [4.78, 5) is 22.0. The molecule has 0 saturated carbocycles. The predicted octanol–water partition coefficient (Wildman–Crippen LogP) is -0.370. The molecule has 120 valence electrons. The fourth-order valence-electron chi connectivity index (χ4n) is 2.65. The van der Waals surface area contributed by atoms with Crippen LogP contribution >= 0.6 is 0 Å². The zero-order chi connectivity index (χ0) is 15.7. The molecule has 2 heterocycles. The van der Waals surface area contributed by atoms with E-state index in [0.717, 1.165) is 0 Å². The molecule has 22 heavy (non-hydrogen) atoms. The number of rotatable bonds is 4. The number of nitrogens with zero attached hydrogens (tertiary/aromatic N) is 1. The number of fused-ring (bicyclic) bond motifs is 1. The summed E-state index contributed by atoms with van der Waals surface area (Å²) in [5, 5.41) is 29.6. The molecule has 0 aliphatic carbocycles. The molecule has 9 nitrogen and oxygen atoms in total. The Morgan fingerprint density at radius 3 is 2.91 bits per heavy atom. The van der Waals surface area contributed by atoms with Gasteiger partial charge in [0.05, 0.1) is 6.61 Å². The number of ether oxygens (including phenoxy) is 1. The summed E-state index contributed by atoms with van der Waals surface area (Å²) in [5.41, 5.74) is 3.05. The summed E-state index contributed by atoms with van der Waals surface area (Å²) in [7, 11) is 0. The first-order chi connectivity index (χ1) is 10.6. The number of benzene rings is 1. The summed E-state index contributed by atoms with van der Waals surface area (Å²) in [5.74, 6) is -0.909. The summed E-state index contributed by atoms with van der Waals surface area (Å²) in [6.07, 6.45) is -2.43. The third-order valence-corrected chi connectivity index (χ3v) is 3.59. The van der Waals surface area contributed by atoms with E-state index in [9.17, 15) is 15.0 Å². The van der Waals surface area contributed by atoms with Crippen LogP contribution < -0.4 is 10.4 Å². The first-order valence-corrected chi connectivity index (χ1v) is 6.73. The normalized spacial score (nSPS) is 28.4. The van der Waals surface area contributed by atoms with Crippen LogP contribution in [0, 0.1) is 0 Å². The summed E-state index contributed by atoms with van der Waals surface area (Å²) < 4.78 is 5.19. The molecule has 9 heteroatoms. The number of carboxylic acids is 1. The molecule has 2 aliphatic rings. The molecular formula is C13H16N2O7. The maximum Gasteiger partial charge on any atom is 0.341 e. The third-order valence-electron chi connectivity index (χ3n) is 3.59. The highest BCUT2D eigenvalue weighted by Gasteiger charge is 2.43. The molecule has 2 aliphatic heterocycles. The Morgan fingerprint density at radius 1 is 1.41 bits per heavy atom. The molecule has 1 saturated heterocycles. The maximum atomic E-state index is 10.6. The van der Waals surface area contributed by atoms with Crippen LogP contribution in [-0.2, 0) is 14.5 Å². The van der Waals surface area contributed by atoms with E-state index >= 15 is 0 Å². The van der Waals surface area contributed by atoms with Crippen molar-refractivity contribution in [2.75, 3.05) is 13.2 Å². The molecular weight excluding hydrogens is 296 g/mol. The number of hydrogen-bond acceptors (Lipinski definition) is 8. The molecule has 4 N–H and O–H groups in total. The van der Waals surface area contributed by atoms with Crippen molar-refractivity contribution in [1.82, 2.24) is 10.5 Å².